The van der Waals surface area contributed by atoms with Gasteiger partial charge in [0.25, 0.3) is 5.69 Å². The van der Waals surface area contributed by atoms with Crippen molar-refractivity contribution in [3.05, 3.63) is 64.5 Å². The first-order valence-corrected chi connectivity index (χ1v) is 45.5. The first kappa shape index (κ1) is 39.0. The number of rotatable bonds is 10. The number of methoxy groups -OCH3 is 1. The number of hydrogen-bond donors (Lipinski definition) is 1. The molecule has 194 valence electrons. The van der Waals surface area contributed by atoms with Gasteiger partial charge in [0.1, 0.15) is 17.6 Å². The number of anilines is 2. The summed E-state index contributed by atoms with van der Waals surface area (Å²) < 4.78 is 13.2. The Morgan fingerprint density at radius 1 is 1.17 bits per heavy atom. The van der Waals surface area contributed by atoms with E-state index in [1.54, 1.807) is 0 Å². The summed E-state index contributed by atoms with van der Waals surface area (Å²) in [6.45, 7) is 1.56. The van der Waals surface area contributed by atoms with E-state index in [-0.39, 0.29) is 11.6 Å². The van der Waals surface area contributed by atoms with Crippen LogP contribution in [0, 0.1) is 21.4 Å². The minimum atomic E-state index is -0.494. The molecule has 4 rings (SSSR count). The van der Waals surface area contributed by atoms with Gasteiger partial charge in [0, 0.05) is 48.9 Å². The average molecular weight is 658 g/mol. The molecule has 41 heavy (non-hydrogen) atoms. The van der Waals surface area contributed by atoms with Crippen LogP contribution in [0.25, 0.3) is 22.2 Å². The van der Waals surface area contributed by atoms with Crippen molar-refractivity contribution in [1.82, 2.24) is 19.4 Å². The average Bonchev–Trinajstić information content (AvgIpc) is 3.32. The van der Waals surface area contributed by atoms with Gasteiger partial charge >= 0.3 is 126 Å². The van der Waals surface area contributed by atoms with Crippen molar-refractivity contribution < 1.29 is 14.4 Å². The van der Waals surface area contributed by atoms with Gasteiger partial charge in [-0.2, -0.15) is 5.26 Å². The summed E-state index contributed by atoms with van der Waals surface area (Å²) in [6.07, 6.45) is 4.25. The van der Waals surface area contributed by atoms with Gasteiger partial charge in [0.05, 0.1) is 47.3 Å². The number of nitrogens with one attached hydrogen (secondary N) is 1. The van der Waals surface area contributed by atoms with Crippen LogP contribution in [0.3, 0.4) is 0 Å². The van der Waals surface area contributed by atoms with Crippen LogP contribution in [0.1, 0.15) is 12.0 Å². The monoisotopic (exact) mass is 657 g/mol. The second kappa shape index (κ2) is 20.9. The van der Waals surface area contributed by atoms with Crippen LogP contribution < -0.4 is 14.8 Å². The summed E-state index contributed by atoms with van der Waals surface area (Å²) >= 11 is 5.00. The molecule has 0 unspecified atom stereocenters. The fourth-order valence-corrected chi connectivity index (χ4v) is 3.97. The van der Waals surface area contributed by atoms with Crippen LogP contribution >= 0.6 is 0 Å². The topological polar surface area (TPSA) is 131 Å². The van der Waals surface area contributed by atoms with Crippen molar-refractivity contribution in [2.75, 3.05) is 39.7 Å². The van der Waals surface area contributed by atoms with E-state index in [4.69, 9.17) is 9.47 Å². The van der Waals surface area contributed by atoms with E-state index in [0.29, 0.717) is 29.3 Å². The first-order valence-electron chi connectivity index (χ1n) is 13.5. The van der Waals surface area contributed by atoms with E-state index < -0.39 is 4.92 Å². The van der Waals surface area contributed by atoms with Gasteiger partial charge in [-0.3, -0.25) is 10.1 Å². The van der Waals surface area contributed by atoms with Gasteiger partial charge in [-0.25, -0.2) is 9.97 Å². The molecular formula is C26H27K4N7O4. The maximum atomic E-state index is 11.2. The van der Waals surface area contributed by atoms with E-state index in [1.165, 1.54) is 158 Å². The standard InChI is InChI=1S/C26H27N7O4.4K/c1-31(2)10-5-11-37-19-7-8-20-21(16-32(3)23(20)13-19)25-17(14-27)15-28-26(30-25)29-22-12-18(33(34)35)6-9-24(22)36-4;;;;/h6-9,12-13,15-16H,5,10-11H2,1-4H3,(H,28,29,30);;;;. The Kier molecular flexibility index (Phi) is 19.9. The van der Waals surface area contributed by atoms with Crippen LogP contribution in [-0.4, -0.2) is 185 Å². The fourth-order valence-electron chi connectivity index (χ4n) is 3.97. The summed E-state index contributed by atoms with van der Waals surface area (Å²) in [6, 6.07) is 12.2. The Morgan fingerprint density at radius 2 is 1.90 bits per heavy atom. The number of hydrogen-bond acceptors (Lipinski definition) is 9. The zero-order valence-corrected chi connectivity index (χ0v) is 37.5. The van der Waals surface area contributed by atoms with Crippen LogP contribution in [0.2, 0.25) is 0 Å². The Bertz CT molecular complexity index is 1510. The minimum absolute atomic E-state index is 0.106. The van der Waals surface area contributed by atoms with Gasteiger partial charge in [0.15, 0.2) is 0 Å². The summed E-state index contributed by atoms with van der Waals surface area (Å²) in [5.74, 6) is 1.33. The molecule has 0 aliphatic heterocycles. The summed E-state index contributed by atoms with van der Waals surface area (Å²) in [7, 11) is 7.44. The summed E-state index contributed by atoms with van der Waals surface area (Å²) in [5.41, 5.74) is 2.65. The summed E-state index contributed by atoms with van der Waals surface area (Å²) in [4.78, 5) is 21.7. The molecule has 2 heterocycles. The fraction of sp³-hybridized carbons (Fsp3) is 0.269. The van der Waals surface area contributed by atoms with Gasteiger partial charge < -0.3 is 24.3 Å². The number of nitro groups is 1. The van der Waals surface area contributed by atoms with Crippen molar-refractivity contribution in [3.63, 3.8) is 0 Å². The maximum absolute atomic E-state index is 11.2. The molecule has 0 spiro atoms. The van der Waals surface area contributed by atoms with Gasteiger partial charge in [-0.1, -0.05) is 0 Å². The molecule has 0 amide bonds. The van der Waals surface area contributed by atoms with Crippen molar-refractivity contribution in [2.24, 2.45) is 7.05 Å². The Hall–Kier alpha value is 1.86. The number of benzene rings is 2. The molecule has 4 aromatic rings. The third-order valence-electron chi connectivity index (χ3n) is 5.79. The van der Waals surface area contributed by atoms with Crippen LogP contribution in [0.15, 0.2) is 48.8 Å². The van der Waals surface area contributed by atoms with Crippen LogP contribution in [-0.2, 0) is 7.05 Å². The SMILES string of the molecule is COc1ccc([N+](=O)[O-])cc1Nc1ncc(C#N)c(-c2cn(C)c3cc(OCCCN(C)C)ccc23)n1.[K][K].[K][K]. The number of fused-ring (bicyclic) bond motifs is 1. The first-order chi connectivity index (χ1) is 19.8. The molecule has 2 aromatic heterocycles. The quantitative estimate of drug-likeness (QED) is 0.118. The molecule has 11 nitrogen and oxygen atoms in total. The van der Waals surface area contributed by atoms with Crippen molar-refractivity contribution in [3.8, 4) is 28.8 Å². The van der Waals surface area contributed by atoms with Gasteiger partial charge in [-0.15, -0.1) is 0 Å². The van der Waals surface area contributed by atoms with E-state index >= 15 is 0 Å². The molecule has 0 fully saturated rings. The number of aromatic nitrogens is 3. The Balaban J connectivity index is 0.00000141. The van der Waals surface area contributed by atoms with E-state index in [9.17, 15) is 15.4 Å². The Morgan fingerprint density at radius 3 is 2.54 bits per heavy atom. The van der Waals surface area contributed by atoms with Crippen molar-refractivity contribution >= 4 is 155 Å². The van der Waals surface area contributed by atoms with Gasteiger partial charge in [-0.05, 0) is 38.7 Å². The molecular weight excluding hydrogens is 631 g/mol. The molecule has 0 aliphatic rings. The predicted octanol–water partition coefficient (Wildman–Crippen LogP) is 2.97. The number of ether oxygens (including phenoxy) is 2. The number of nitro benzene ring substituents is 1. The predicted molar refractivity (Wildman–Crippen MR) is 163 cm³/mol. The number of nitriles is 1. The normalized spacial score (nSPS) is 10.2. The van der Waals surface area contributed by atoms with Gasteiger partial charge in [0.2, 0.25) is 5.95 Å². The van der Waals surface area contributed by atoms with Crippen molar-refractivity contribution in [1.29, 1.82) is 5.26 Å². The number of non-ortho nitro benzene ring substituents is 1. The zero-order chi connectivity index (χ0) is 30.5. The number of nitrogens with zero attached hydrogens (tertiary/aromatic N) is 6. The molecule has 1 N–H and O–H groups in total. The number of aryl methyl sites for hydroxylation is 1. The Labute approximate surface area is 330 Å². The van der Waals surface area contributed by atoms with Crippen molar-refractivity contribution in [2.45, 2.75) is 6.42 Å². The zero-order valence-electron chi connectivity index (χ0n) is 25.1. The summed E-state index contributed by atoms with van der Waals surface area (Å²) in [5, 5.41) is 24.9. The molecule has 0 radical (unpaired) electrons. The van der Waals surface area contributed by atoms with E-state index in [1.807, 2.05) is 50.1 Å². The molecule has 0 aliphatic carbocycles. The molecule has 0 bridgehead atoms. The second-order valence-corrected chi connectivity index (χ2v) is 8.67. The molecule has 0 saturated carbocycles. The third kappa shape index (κ3) is 11.6. The van der Waals surface area contributed by atoms with E-state index in [0.717, 1.165) is 35.2 Å². The van der Waals surface area contributed by atoms with Crippen LogP contribution in [0.4, 0.5) is 17.3 Å². The molecule has 15 heteroatoms. The second-order valence-electron chi connectivity index (χ2n) is 8.67. The third-order valence-corrected chi connectivity index (χ3v) is 5.79. The molecule has 2 aromatic carbocycles. The molecule has 0 saturated heterocycles. The van der Waals surface area contributed by atoms with Crippen LogP contribution in [0.5, 0.6) is 11.5 Å². The van der Waals surface area contributed by atoms with E-state index in [2.05, 4.69) is 26.3 Å². The molecule has 0 atom stereocenters.